The van der Waals surface area contributed by atoms with Crippen molar-refractivity contribution in [2.24, 2.45) is 5.73 Å². The number of hydrogen-bond donors (Lipinski definition) is 2. The van der Waals surface area contributed by atoms with E-state index in [0.717, 1.165) is 30.7 Å². The lowest BCUT2D eigenvalue weighted by molar-refractivity contribution is 0.149. The zero-order valence-corrected chi connectivity index (χ0v) is 6.79. The van der Waals surface area contributed by atoms with E-state index in [0.29, 0.717) is 5.89 Å². The number of aromatic nitrogens is 1. The molecule has 1 heterocycles. The third kappa shape index (κ3) is 1.13. The van der Waals surface area contributed by atoms with E-state index in [9.17, 15) is 5.11 Å². The largest absolute Gasteiger partial charge is 0.443 e. The lowest BCUT2D eigenvalue weighted by atomic mass is 10.3. The third-order valence-corrected chi connectivity index (χ3v) is 2.12. The Kier molecular flexibility index (Phi) is 1.86. The highest BCUT2D eigenvalue weighted by Crippen LogP contribution is 2.24. The molecule has 0 aromatic carbocycles. The molecule has 0 fully saturated rings. The minimum absolute atomic E-state index is 0.166. The topological polar surface area (TPSA) is 72.3 Å². The standard InChI is InChI=1S/C8H12N2O2/c9-4-6(11)8-10-5-2-1-3-7(5)12-8/h6,11H,1-4,9H2. The molecule has 0 spiro atoms. The number of rotatable bonds is 2. The van der Waals surface area contributed by atoms with E-state index in [2.05, 4.69) is 4.98 Å². The van der Waals surface area contributed by atoms with Crippen LogP contribution in [0, 0.1) is 0 Å². The Labute approximate surface area is 70.4 Å². The van der Waals surface area contributed by atoms with Gasteiger partial charge in [-0.25, -0.2) is 4.98 Å². The van der Waals surface area contributed by atoms with Crippen LogP contribution in [0.25, 0.3) is 0 Å². The molecule has 1 aliphatic rings. The third-order valence-electron chi connectivity index (χ3n) is 2.12. The van der Waals surface area contributed by atoms with Crippen LogP contribution in [0.1, 0.15) is 29.9 Å². The molecule has 0 saturated heterocycles. The predicted molar refractivity (Wildman–Crippen MR) is 42.5 cm³/mol. The summed E-state index contributed by atoms with van der Waals surface area (Å²) < 4.78 is 5.34. The van der Waals surface area contributed by atoms with Gasteiger partial charge in [-0.05, 0) is 12.8 Å². The van der Waals surface area contributed by atoms with E-state index < -0.39 is 6.10 Å². The fraction of sp³-hybridized carbons (Fsp3) is 0.625. The van der Waals surface area contributed by atoms with E-state index in [1.54, 1.807) is 0 Å². The van der Waals surface area contributed by atoms with Gasteiger partial charge in [0.25, 0.3) is 0 Å². The van der Waals surface area contributed by atoms with Gasteiger partial charge in [0, 0.05) is 13.0 Å². The Hall–Kier alpha value is -0.870. The van der Waals surface area contributed by atoms with Gasteiger partial charge >= 0.3 is 0 Å². The zero-order valence-electron chi connectivity index (χ0n) is 6.79. The predicted octanol–water partition coefficient (Wildman–Crippen LogP) is 0.155. The van der Waals surface area contributed by atoms with E-state index in [1.165, 1.54) is 0 Å². The average Bonchev–Trinajstić information content (AvgIpc) is 2.60. The van der Waals surface area contributed by atoms with Gasteiger partial charge in [-0.1, -0.05) is 0 Å². The Morgan fingerprint density at radius 2 is 2.42 bits per heavy atom. The Morgan fingerprint density at radius 3 is 3.08 bits per heavy atom. The van der Waals surface area contributed by atoms with Crippen LogP contribution in [0.2, 0.25) is 0 Å². The lowest BCUT2D eigenvalue weighted by Crippen LogP contribution is -2.11. The zero-order chi connectivity index (χ0) is 8.55. The Balaban J connectivity index is 2.25. The van der Waals surface area contributed by atoms with Crippen LogP contribution in [0.5, 0.6) is 0 Å². The van der Waals surface area contributed by atoms with Crippen molar-refractivity contribution in [3.8, 4) is 0 Å². The molecule has 1 aromatic rings. The number of aliphatic hydroxyl groups excluding tert-OH is 1. The Morgan fingerprint density at radius 1 is 1.58 bits per heavy atom. The van der Waals surface area contributed by atoms with Gasteiger partial charge < -0.3 is 15.3 Å². The number of hydrogen-bond acceptors (Lipinski definition) is 4. The minimum Gasteiger partial charge on any atom is -0.443 e. The van der Waals surface area contributed by atoms with Crippen LogP contribution in [0.4, 0.5) is 0 Å². The molecule has 0 aliphatic heterocycles. The van der Waals surface area contributed by atoms with Gasteiger partial charge in [0.05, 0.1) is 5.69 Å². The van der Waals surface area contributed by atoms with Gasteiger partial charge in [-0.15, -0.1) is 0 Å². The van der Waals surface area contributed by atoms with Crippen LogP contribution < -0.4 is 5.73 Å². The number of nitrogens with two attached hydrogens (primary N) is 1. The molecule has 12 heavy (non-hydrogen) atoms. The van der Waals surface area contributed by atoms with Gasteiger partial charge in [0.15, 0.2) is 0 Å². The first-order valence-corrected chi connectivity index (χ1v) is 4.18. The second-order valence-corrected chi connectivity index (χ2v) is 3.03. The fourth-order valence-electron chi connectivity index (χ4n) is 1.45. The molecule has 66 valence electrons. The van der Waals surface area contributed by atoms with Gasteiger partial charge in [0.1, 0.15) is 11.9 Å². The van der Waals surface area contributed by atoms with Crippen LogP contribution in [0.15, 0.2) is 4.42 Å². The molecule has 0 bridgehead atoms. The molecule has 1 aliphatic carbocycles. The van der Waals surface area contributed by atoms with Crippen molar-refractivity contribution in [3.05, 3.63) is 17.3 Å². The molecule has 0 amide bonds. The summed E-state index contributed by atoms with van der Waals surface area (Å²) in [4.78, 5) is 4.16. The molecule has 4 heteroatoms. The quantitative estimate of drug-likeness (QED) is 0.659. The number of aliphatic hydroxyl groups is 1. The highest BCUT2D eigenvalue weighted by Gasteiger charge is 2.21. The van der Waals surface area contributed by atoms with Crippen molar-refractivity contribution in [3.63, 3.8) is 0 Å². The minimum atomic E-state index is -0.740. The highest BCUT2D eigenvalue weighted by atomic mass is 16.4. The van der Waals surface area contributed by atoms with Crippen LogP contribution in [-0.4, -0.2) is 16.6 Å². The average molecular weight is 168 g/mol. The molecule has 1 unspecified atom stereocenters. The molecule has 3 N–H and O–H groups in total. The molecule has 0 saturated carbocycles. The normalized spacial score (nSPS) is 17.8. The summed E-state index contributed by atoms with van der Waals surface area (Å²) in [7, 11) is 0. The number of oxazole rings is 1. The van der Waals surface area contributed by atoms with E-state index in [-0.39, 0.29) is 6.54 Å². The molecular weight excluding hydrogens is 156 g/mol. The maximum atomic E-state index is 9.31. The maximum absolute atomic E-state index is 9.31. The van der Waals surface area contributed by atoms with Crippen molar-refractivity contribution in [2.75, 3.05) is 6.54 Å². The van der Waals surface area contributed by atoms with Gasteiger partial charge in [0.2, 0.25) is 5.89 Å². The van der Waals surface area contributed by atoms with Gasteiger partial charge in [-0.3, -0.25) is 0 Å². The molecule has 1 aromatic heterocycles. The van der Waals surface area contributed by atoms with E-state index in [1.807, 2.05) is 0 Å². The van der Waals surface area contributed by atoms with Gasteiger partial charge in [-0.2, -0.15) is 0 Å². The van der Waals surface area contributed by atoms with E-state index >= 15 is 0 Å². The summed E-state index contributed by atoms with van der Waals surface area (Å²) in [6.07, 6.45) is 2.28. The molecule has 1 atom stereocenters. The maximum Gasteiger partial charge on any atom is 0.224 e. The smallest absolute Gasteiger partial charge is 0.224 e. The summed E-state index contributed by atoms with van der Waals surface area (Å²) in [6, 6.07) is 0. The lowest BCUT2D eigenvalue weighted by Gasteiger charge is -2.00. The van der Waals surface area contributed by atoms with Crippen LogP contribution in [-0.2, 0) is 12.8 Å². The van der Waals surface area contributed by atoms with Crippen LogP contribution >= 0.6 is 0 Å². The molecule has 2 rings (SSSR count). The number of fused-ring (bicyclic) bond motifs is 1. The van der Waals surface area contributed by atoms with E-state index in [4.69, 9.17) is 10.2 Å². The summed E-state index contributed by atoms with van der Waals surface area (Å²) in [5.74, 6) is 1.31. The molecular formula is C8H12N2O2. The Bertz CT molecular complexity index is 261. The highest BCUT2D eigenvalue weighted by molar-refractivity contribution is 5.16. The summed E-state index contributed by atoms with van der Waals surface area (Å²) in [5.41, 5.74) is 6.27. The van der Waals surface area contributed by atoms with Crippen LogP contribution in [0.3, 0.4) is 0 Å². The summed E-state index contributed by atoms with van der Waals surface area (Å²) in [6.45, 7) is 0.166. The van der Waals surface area contributed by atoms with Crippen molar-refractivity contribution in [1.29, 1.82) is 0 Å². The van der Waals surface area contributed by atoms with Crippen molar-refractivity contribution < 1.29 is 9.52 Å². The first-order chi connectivity index (χ1) is 5.81. The van der Waals surface area contributed by atoms with Crippen molar-refractivity contribution >= 4 is 0 Å². The first kappa shape index (κ1) is 7.76. The number of aryl methyl sites for hydroxylation is 2. The first-order valence-electron chi connectivity index (χ1n) is 4.18. The summed E-state index contributed by atoms with van der Waals surface area (Å²) >= 11 is 0. The second kappa shape index (κ2) is 2.88. The molecule has 0 radical (unpaired) electrons. The second-order valence-electron chi connectivity index (χ2n) is 3.03. The van der Waals surface area contributed by atoms with Crippen molar-refractivity contribution in [2.45, 2.75) is 25.4 Å². The van der Waals surface area contributed by atoms with Crippen molar-refractivity contribution in [1.82, 2.24) is 4.98 Å². The SMILES string of the molecule is NCC(O)c1nc2c(o1)CCC2. The fourth-order valence-corrected chi connectivity index (χ4v) is 1.45. The summed E-state index contributed by atoms with van der Waals surface area (Å²) in [5, 5.41) is 9.31. The monoisotopic (exact) mass is 168 g/mol. The molecule has 4 nitrogen and oxygen atoms in total. The number of nitrogens with zero attached hydrogens (tertiary/aromatic N) is 1.